The molecule has 5 nitrogen and oxygen atoms in total. The topological polar surface area (TPSA) is 59.8 Å². The van der Waals surface area contributed by atoms with Crippen LogP contribution in [0.4, 0.5) is 18.9 Å². The van der Waals surface area contributed by atoms with Gasteiger partial charge in [0.1, 0.15) is 12.7 Å². The smallest absolute Gasteiger partial charge is 0.325 e. The lowest BCUT2D eigenvalue weighted by atomic mass is 10.1. The Labute approximate surface area is 147 Å². The molecular formula is C18H15F3N4O. The summed E-state index contributed by atoms with van der Waals surface area (Å²) >= 11 is 0. The fourth-order valence-corrected chi connectivity index (χ4v) is 2.46. The number of benzene rings is 2. The van der Waals surface area contributed by atoms with Crippen LogP contribution in [0.5, 0.6) is 0 Å². The fraction of sp³-hybridized carbons (Fsp3) is 0.167. The van der Waals surface area contributed by atoms with Crippen LogP contribution in [-0.4, -0.2) is 20.7 Å². The Morgan fingerprint density at radius 1 is 1.08 bits per heavy atom. The van der Waals surface area contributed by atoms with Gasteiger partial charge in [-0.15, -0.1) is 0 Å². The van der Waals surface area contributed by atoms with Crippen molar-refractivity contribution in [2.45, 2.75) is 19.1 Å². The lowest BCUT2D eigenvalue weighted by molar-refractivity contribution is -0.137. The van der Waals surface area contributed by atoms with E-state index in [-0.39, 0.29) is 12.3 Å². The molecule has 2 aromatic carbocycles. The normalized spacial score (nSPS) is 11.3. The zero-order chi connectivity index (χ0) is 18.6. The summed E-state index contributed by atoms with van der Waals surface area (Å²) in [5, 5.41) is 6.82. The molecule has 0 atom stereocenters. The zero-order valence-electron chi connectivity index (χ0n) is 13.6. The summed E-state index contributed by atoms with van der Waals surface area (Å²) in [6.07, 6.45) is -1.41. The Hall–Kier alpha value is -3.16. The van der Waals surface area contributed by atoms with Crippen LogP contribution in [0, 0.1) is 0 Å². The largest absolute Gasteiger partial charge is 0.416 e. The first-order valence-electron chi connectivity index (χ1n) is 7.78. The highest BCUT2D eigenvalue weighted by atomic mass is 19.4. The quantitative estimate of drug-likeness (QED) is 0.757. The predicted molar refractivity (Wildman–Crippen MR) is 89.3 cm³/mol. The summed E-state index contributed by atoms with van der Waals surface area (Å²) in [7, 11) is 0. The van der Waals surface area contributed by atoms with Gasteiger partial charge in [0.05, 0.1) is 18.5 Å². The van der Waals surface area contributed by atoms with E-state index in [2.05, 4.69) is 15.4 Å². The van der Waals surface area contributed by atoms with Gasteiger partial charge in [0, 0.05) is 5.69 Å². The van der Waals surface area contributed by atoms with Crippen molar-refractivity contribution >= 4 is 11.6 Å². The zero-order valence-corrected chi connectivity index (χ0v) is 13.6. The van der Waals surface area contributed by atoms with E-state index >= 15 is 0 Å². The number of carbonyl (C=O) groups excluding carboxylic acids is 1. The van der Waals surface area contributed by atoms with Gasteiger partial charge in [0.2, 0.25) is 5.91 Å². The van der Waals surface area contributed by atoms with Gasteiger partial charge >= 0.3 is 6.18 Å². The summed E-state index contributed by atoms with van der Waals surface area (Å²) in [6, 6.07) is 11.8. The van der Waals surface area contributed by atoms with Crippen LogP contribution < -0.4 is 5.32 Å². The molecule has 0 saturated carbocycles. The minimum absolute atomic E-state index is 0.0181. The van der Waals surface area contributed by atoms with Crippen LogP contribution in [-0.2, 0) is 23.9 Å². The van der Waals surface area contributed by atoms with Gasteiger partial charge < -0.3 is 5.32 Å². The Balaban J connectivity index is 1.67. The molecule has 0 aliphatic carbocycles. The molecule has 0 aliphatic rings. The number of hydrogen-bond donors (Lipinski definition) is 1. The van der Waals surface area contributed by atoms with Crippen LogP contribution >= 0.6 is 0 Å². The summed E-state index contributed by atoms with van der Waals surface area (Å²) in [6.45, 7) is 0.441. The first-order valence-corrected chi connectivity index (χ1v) is 7.78. The number of aromatic nitrogens is 3. The van der Waals surface area contributed by atoms with Gasteiger partial charge in [-0.1, -0.05) is 30.3 Å². The number of carbonyl (C=O) groups is 1. The molecule has 0 bridgehead atoms. The van der Waals surface area contributed by atoms with Crippen molar-refractivity contribution in [2.75, 3.05) is 5.32 Å². The molecule has 0 spiro atoms. The molecule has 0 aliphatic heterocycles. The number of nitrogens with one attached hydrogen (secondary N) is 1. The molecule has 8 heteroatoms. The first kappa shape index (κ1) is 17.7. The molecule has 0 unspecified atom stereocenters. The molecule has 1 aromatic heterocycles. The average molecular weight is 360 g/mol. The van der Waals surface area contributed by atoms with E-state index in [9.17, 15) is 18.0 Å². The van der Waals surface area contributed by atoms with Crippen molar-refractivity contribution in [2.24, 2.45) is 0 Å². The molecule has 0 radical (unpaired) electrons. The summed E-state index contributed by atoms with van der Waals surface area (Å²) < 4.78 is 39.4. The van der Waals surface area contributed by atoms with Crippen LogP contribution in [0.25, 0.3) is 0 Å². The van der Waals surface area contributed by atoms with Gasteiger partial charge in [-0.3, -0.25) is 4.79 Å². The number of rotatable bonds is 5. The monoisotopic (exact) mass is 360 g/mol. The van der Waals surface area contributed by atoms with Crippen molar-refractivity contribution in [3.05, 3.63) is 77.9 Å². The highest BCUT2D eigenvalue weighted by Crippen LogP contribution is 2.29. The number of para-hydroxylation sites is 1. The number of nitrogens with zero attached hydrogens (tertiary/aromatic N) is 3. The first-order chi connectivity index (χ1) is 12.4. The molecule has 26 heavy (non-hydrogen) atoms. The van der Waals surface area contributed by atoms with Crippen LogP contribution in [0.2, 0.25) is 0 Å². The van der Waals surface area contributed by atoms with Gasteiger partial charge in [-0.05, 0) is 29.3 Å². The van der Waals surface area contributed by atoms with Crippen molar-refractivity contribution < 1.29 is 18.0 Å². The Kier molecular flexibility index (Phi) is 5.01. The maximum absolute atomic E-state index is 12.6. The second-order valence-corrected chi connectivity index (χ2v) is 5.67. The number of halogens is 3. The molecule has 3 aromatic rings. The maximum Gasteiger partial charge on any atom is 0.416 e. The van der Waals surface area contributed by atoms with E-state index < -0.39 is 11.7 Å². The van der Waals surface area contributed by atoms with Crippen molar-refractivity contribution in [1.29, 1.82) is 0 Å². The highest BCUT2D eigenvalue weighted by Gasteiger charge is 2.29. The third-order valence-electron chi connectivity index (χ3n) is 3.74. The standard InChI is InChI=1S/C18H15F3N4O/c19-18(20,21)15-7-5-13(6-8-15)9-17(26)24-16-4-2-1-3-14(16)10-25-12-22-11-23-25/h1-8,11-12H,9-10H2,(H,24,26). The Morgan fingerprint density at radius 3 is 2.46 bits per heavy atom. The molecule has 1 amide bonds. The van der Waals surface area contributed by atoms with Gasteiger partial charge in [0.25, 0.3) is 0 Å². The van der Waals surface area contributed by atoms with E-state index in [1.165, 1.54) is 18.5 Å². The van der Waals surface area contributed by atoms with E-state index in [0.717, 1.165) is 17.7 Å². The third-order valence-corrected chi connectivity index (χ3v) is 3.74. The number of anilines is 1. The molecular weight excluding hydrogens is 345 g/mol. The second-order valence-electron chi connectivity index (χ2n) is 5.67. The molecule has 0 saturated heterocycles. The van der Waals surface area contributed by atoms with Gasteiger partial charge in [0.15, 0.2) is 0 Å². The van der Waals surface area contributed by atoms with Crippen molar-refractivity contribution in [1.82, 2.24) is 14.8 Å². The third kappa shape index (κ3) is 4.47. The lowest BCUT2D eigenvalue weighted by Crippen LogP contribution is -2.16. The van der Waals surface area contributed by atoms with Crippen LogP contribution in [0.15, 0.2) is 61.2 Å². The number of hydrogen-bond acceptors (Lipinski definition) is 3. The SMILES string of the molecule is O=C(Cc1ccc(C(F)(F)F)cc1)Nc1ccccc1Cn1cncn1. The summed E-state index contributed by atoms with van der Waals surface area (Å²) in [5.74, 6) is -0.309. The minimum Gasteiger partial charge on any atom is -0.325 e. The van der Waals surface area contributed by atoms with Gasteiger partial charge in [-0.2, -0.15) is 18.3 Å². The van der Waals surface area contributed by atoms with E-state index in [0.29, 0.717) is 17.8 Å². The summed E-state index contributed by atoms with van der Waals surface area (Å²) in [5.41, 5.74) is 1.24. The summed E-state index contributed by atoms with van der Waals surface area (Å²) in [4.78, 5) is 16.1. The second kappa shape index (κ2) is 7.38. The predicted octanol–water partition coefficient (Wildman–Crippen LogP) is 3.53. The Morgan fingerprint density at radius 2 is 1.81 bits per heavy atom. The average Bonchev–Trinajstić information content (AvgIpc) is 3.09. The minimum atomic E-state index is -4.39. The number of alkyl halides is 3. The van der Waals surface area contributed by atoms with E-state index in [4.69, 9.17) is 0 Å². The molecule has 3 rings (SSSR count). The van der Waals surface area contributed by atoms with Crippen LogP contribution in [0.3, 0.4) is 0 Å². The van der Waals surface area contributed by atoms with Crippen molar-refractivity contribution in [3.63, 3.8) is 0 Å². The number of amides is 1. The van der Waals surface area contributed by atoms with E-state index in [1.807, 2.05) is 12.1 Å². The lowest BCUT2D eigenvalue weighted by Gasteiger charge is -2.11. The molecule has 0 fully saturated rings. The molecule has 1 heterocycles. The molecule has 1 N–H and O–H groups in total. The highest BCUT2D eigenvalue weighted by molar-refractivity contribution is 5.93. The fourth-order valence-electron chi connectivity index (χ4n) is 2.46. The van der Waals surface area contributed by atoms with Gasteiger partial charge in [-0.25, -0.2) is 9.67 Å². The van der Waals surface area contributed by atoms with E-state index in [1.54, 1.807) is 23.1 Å². The van der Waals surface area contributed by atoms with Crippen LogP contribution in [0.1, 0.15) is 16.7 Å². The Bertz CT molecular complexity index is 874. The molecule has 134 valence electrons. The van der Waals surface area contributed by atoms with Crippen molar-refractivity contribution in [3.8, 4) is 0 Å². The maximum atomic E-state index is 12.6.